The molecule has 4 aromatic rings. The number of hydrogen-bond acceptors (Lipinski definition) is 4. The quantitative estimate of drug-likeness (QED) is 0.346. The number of halogens is 1. The first-order valence-corrected chi connectivity index (χ1v) is 9.02. The molecule has 4 rings (SSSR count). The van der Waals surface area contributed by atoms with Crippen LogP contribution in [0, 0.1) is 0 Å². The molecule has 0 fully saturated rings. The summed E-state index contributed by atoms with van der Waals surface area (Å²) in [6.45, 7) is 0. The molecule has 0 radical (unpaired) electrons. The van der Waals surface area contributed by atoms with E-state index in [0.29, 0.717) is 0 Å². The molecule has 0 unspecified atom stereocenters. The Morgan fingerprint density at radius 2 is 2.16 bits per heavy atom. The van der Waals surface area contributed by atoms with E-state index in [1.165, 1.54) is 0 Å². The lowest BCUT2D eigenvalue weighted by Crippen LogP contribution is -2.17. The van der Waals surface area contributed by atoms with Crippen LogP contribution in [0.5, 0.6) is 0 Å². The standard InChI is InChI=1S/C17H12BrN5OS/c18-16-6-5-15(25-16)13-7-14(22-21-13)17(24)23-20-9-10-8-19-12-4-2-1-3-11(10)12/h1-9,19H,(H,21,22)(H,23,24). The molecular weight excluding hydrogens is 402 g/mol. The fourth-order valence-corrected chi connectivity index (χ4v) is 3.79. The number of amides is 1. The molecule has 0 spiro atoms. The van der Waals surface area contributed by atoms with Gasteiger partial charge in [-0.1, -0.05) is 18.2 Å². The van der Waals surface area contributed by atoms with Crippen LogP contribution >= 0.6 is 27.3 Å². The molecule has 124 valence electrons. The van der Waals surface area contributed by atoms with Gasteiger partial charge < -0.3 is 4.98 Å². The minimum Gasteiger partial charge on any atom is -0.361 e. The predicted molar refractivity (Wildman–Crippen MR) is 103 cm³/mol. The van der Waals surface area contributed by atoms with Gasteiger partial charge in [-0.05, 0) is 40.2 Å². The van der Waals surface area contributed by atoms with E-state index in [0.717, 1.165) is 30.8 Å². The van der Waals surface area contributed by atoms with Crippen molar-refractivity contribution >= 4 is 50.3 Å². The van der Waals surface area contributed by atoms with Crippen LogP contribution in [0.2, 0.25) is 0 Å². The number of carbonyl (C=O) groups is 1. The van der Waals surface area contributed by atoms with Gasteiger partial charge in [0.25, 0.3) is 5.91 Å². The largest absolute Gasteiger partial charge is 0.361 e. The minimum absolute atomic E-state index is 0.288. The van der Waals surface area contributed by atoms with Crippen LogP contribution in [0.4, 0.5) is 0 Å². The highest BCUT2D eigenvalue weighted by Gasteiger charge is 2.12. The van der Waals surface area contributed by atoms with Crippen molar-refractivity contribution in [1.29, 1.82) is 0 Å². The summed E-state index contributed by atoms with van der Waals surface area (Å²) in [5.74, 6) is -0.366. The highest BCUT2D eigenvalue weighted by Crippen LogP contribution is 2.30. The normalized spacial score (nSPS) is 11.4. The average molecular weight is 414 g/mol. The second-order valence-corrected chi connectivity index (χ2v) is 7.72. The maximum Gasteiger partial charge on any atom is 0.291 e. The van der Waals surface area contributed by atoms with Crippen LogP contribution in [0.15, 0.2) is 57.5 Å². The Hall–Kier alpha value is -2.71. The third-order valence-corrected chi connectivity index (χ3v) is 5.30. The molecule has 0 saturated carbocycles. The summed E-state index contributed by atoms with van der Waals surface area (Å²) >= 11 is 4.98. The zero-order valence-corrected chi connectivity index (χ0v) is 15.2. The summed E-state index contributed by atoms with van der Waals surface area (Å²) in [6, 6.07) is 13.5. The van der Waals surface area contributed by atoms with Gasteiger partial charge in [-0.15, -0.1) is 11.3 Å². The molecule has 8 heteroatoms. The first-order valence-electron chi connectivity index (χ1n) is 7.41. The number of carbonyl (C=O) groups excluding carboxylic acids is 1. The maximum absolute atomic E-state index is 12.2. The molecule has 1 aromatic carbocycles. The number of H-pyrrole nitrogens is 2. The molecule has 3 N–H and O–H groups in total. The molecule has 0 atom stereocenters. The van der Waals surface area contributed by atoms with E-state index >= 15 is 0 Å². The molecule has 0 aliphatic heterocycles. The summed E-state index contributed by atoms with van der Waals surface area (Å²) in [5, 5.41) is 12.0. The molecule has 0 aliphatic rings. The minimum atomic E-state index is -0.366. The van der Waals surface area contributed by atoms with Crippen molar-refractivity contribution in [1.82, 2.24) is 20.6 Å². The lowest BCUT2D eigenvalue weighted by atomic mass is 10.2. The van der Waals surface area contributed by atoms with Crippen LogP contribution in [0.1, 0.15) is 16.1 Å². The number of benzene rings is 1. The van der Waals surface area contributed by atoms with Crippen molar-refractivity contribution in [3.05, 3.63) is 63.7 Å². The first kappa shape index (κ1) is 15.8. The Kier molecular flexibility index (Phi) is 4.21. The summed E-state index contributed by atoms with van der Waals surface area (Å²) in [4.78, 5) is 16.3. The van der Waals surface area contributed by atoms with E-state index in [9.17, 15) is 4.79 Å². The molecule has 1 amide bonds. The van der Waals surface area contributed by atoms with E-state index in [1.807, 2.05) is 42.6 Å². The first-order chi connectivity index (χ1) is 12.2. The number of nitrogens with zero attached hydrogens (tertiary/aromatic N) is 2. The number of para-hydroxylation sites is 1. The summed E-state index contributed by atoms with van der Waals surface area (Å²) in [6.07, 6.45) is 3.46. The summed E-state index contributed by atoms with van der Waals surface area (Å²) in [7, 11) is 0. The number of aromatic amines is 2. The number of hydrazone groups is 1. The third-order valence-electron chi connectivity index (χ3n) is 3.64. The Labute approximate surface area is 155 Å². The number of aromatic nitrogens is 3. The van der Waals surface area contributed by atoms with Gasteiger partial charge in [-0.25, -0.2) is 5.43 Å². The van der Waals surface area contributed by atoms with Crippen LogP contribution in [-0.4, -0.2) is 27.3 Å². The maximum atomic E-state index is 12.2. The average Bonchev–Trinajstić information content (AvgIpc) is 3.34. The van der Waals surface area contributed by atoms with E-state index in [1.54, 1.807) is 23.6 Å². The number of rotatable bonds is 4. The number of fused-ring (bicyclic) bond motifs is 1. The Morgan fingerprint density at radius 3 is 3.00 bits per heavy atom. The lowest BCUT2D eigenvalue weighted by molar-refractivity contribution is 0.0950. The third kappa shape index (κ3) is 3.26. The molecule has 25 heavy (non-hydrogen) atoms. The number of nitrogens with one attached hydrogen (secondary N) is 3. The molecule has 0 bridgehead atoms. The highest BCUT2D eigenvalue weighted by molar-refractivity contribution is 9.11. The van der Waals surface area contributed by atoms with Crippen LogP contribution in [0.25, 0.3) is 21.5 Å². The van der Waals surface area contributed by atoms with Gasteiger partial charge in [0.1, 0.15) is 0 Å². The van der Waals surface area contributed by atoms with E-state index < -0.39 is 0 Å². The zero-order chi connectivity index (χ0) is 17.2. The van der Waals surface area contributed by atoms with Crippen molar-refractivity contribution in [2.45, 2.75) is 0 Å². The molecule has 3 aromatic heterocycles. The van der Waals surface area contributed by atoms with Crippen LogP contribution in [-0.2, 0) is 0 Å². The molecule has 0 aliphatic carbocycles. The van der Waals surface area contributed by atoms with E-state index in [2.05, 4.69) is 41.6 Å². The topological polar surface area (TPSA) is 85.9 Å². The number of thiophene rings is 1. The van der Waals surface area contributed by atoms with Crippen LogP contribution < -0.4 is 5.43 Å². The van der Waals surface area contributed by atoms with Crippen molar-refractivity contribution in [3.63, 3.8) is 0 Å². The highest BCUT2D eigenvalue weighted by atomic mass is 79.9. The zero-order valence-electron chi connectivity index (χ0n) is 12.8. The number of hydrogen-bond donors (Lipinski definition) is 3. The van der Waals surface area contributed by atoms with Crippen LogP contribution in [0.3, 0.4) is 0 Å². The van der Waals surface area contributed by atoms with Crippen molar-refractivity contribution in [3.8, 4) is 10.6 Å². The van der Waals surface area contributed by atoms with Crippen molar-refractivity contribution in [2.75, 3.05) is 0 Å². The molecule has 6 nitrogen and oxygen atoms in total. The van der Waals surface area contributed by atoms with E-state index in [4.69, 9.17) is 0 Å². The second-order valence-electron chi connectivity index (χ2n) is 5.26. The van der Waals surface area contributed by atoms with Gasteiger partial charge in [0.2, 0.25) is 0 Å². The predicted octanol–water partition coefficient (Wildman–Crippen LogP) is 4.15. The van der Waals surface area contributed by atoms with Crippen molar-refractivity contribution in [2.24, 2.45) is 5.10 Å². The monoisotopic (exact) mass is 413 g/mol. The summed E-state index contributed by atoms with van der Waals surface area (Å²) in [5.41, 5.74) is 5.51. The van der Waals surface area contributed by atoms with Gasteiger partial charge in [0, 0.05) is 22.7 Å². The van der Waals surface area contributed by atoms with Gasteiger partial charge in [0.15, 0.2) is 5.69 Å². The fraction of sp³-hybridized carbons (Fsp3) is 0. The second kappa shape index (κ2) is 6.66. The van der Waals surface area contributed by atoms with Gasteiger partial charge in [0.05, 0.1) is 20.6 Å². The fourth-order valence-electron chi connectivity index (χ4n) is 2.44. The molecule has 3 heterocycles. The molecule has 0 saturated heterocycles. The van der Waals surface area contributed by atoms with Crippen molar-refractivity contribution < 1.29 is 4.79 Å². The Bertz CT molecular complexity index is 1080. The summed E-state index contributed by atoms with van der Waals surface area (Å²) < 4.78 is 1.02. The Balaban J connectivity index is 1.46. The van der Waals surface area contributed by atoms with E-state index in [-0.39, 0.29) is 11.6 Å². The smallest absolute Gasteiger partial charge is 0.291 e. The Morgan fingerprint density at radius 1 is 1.28 bits per heavy atom. The molecular formula is C17H12BrN5OS. The lowest BCUT2D eigenvalue weighted by Gasteiger charge is -1.94. The van der Waals surface area contributed by atoms with Gasteiger partial charge >= 0.3 is 0 Å². The van der Waals surface area contributed by atoms with Gasteiger partial charge in [-0.2, -0.15) is 10.2 Å². The van der Waals surface area contributed by atoms with Gasteiger partial charge in [-0.3, -0.25) is 9.89 Å². The SMILES string of the molecule is O=C(NN=Cc1c[nH]c2ccccc12)c1cc(-c2ccc(Br)s2)[nH]n1.